The number of fused-ring (bicyclic) bond motifs is 2. The highest BCUT2D eigenvalue weighted by Crippen LogP contribution is 2.35. The van der Waals surface area contributed by atoms with Crippen molar-refractivity contribution in [2.45, 2.75) is 4.90 Å². The number of anilines is 1. The fraction of sp³-hybridized carbons (Fsp3) is 0.273. The molecule has 2 aliphatic heterocycles. The molecule has 1 fully saturated rings. The first-order valence-electron chi connectivity index (χ1n) is 9.76. The molecule has 154 valence electrons. The number of nitrogens with zero attached hydrogens (tertiary/aromatic N) is 3. The predicted octanol–water partition coefficient (Wildman–Crippen LogP) is 4.11. The quantitative estimate of drug-likeness (QED) is 0.451. The van der Waals surface area contributed by atoms with Crippen LogP contribution in [-0.4, -0.2) is 55.0 Å². The summed E-state index contributed by atoms with van der Waals surface area (Å²) >= 11 is 3.45. The maximum Gasteiger partial charge on any atom is 0.246 e. The summed E-state index contributed by atoms with van der Waals surface area (Å²) in [7, 11) is 0. The summed E-state index contributed by atoms with van der Waals surface area (Å²) in [5.41, 5.74) is 2.00. The largest absolute Gasteiger partial charge is 0.454 e. The van der Waals surface area contributed by atoms with Crippen molar-refractivity contribution in [3.63, 3.8) is 0 Å². The number of ether oxygens (including phenoxy) is 2. The zero-order valence-corrected chi connectivity index (χ0v) is 18.2. The third-order valence-electron chi connectivity index (χ3n) is 5.27. The van der Waals surface area contributed by atoms with Crippen LogP contribution in [0.5, 0.6) is 11.5 Å². The topological polar surface area (TPSA) is 54.9 Å². The van der Waals surface area contributed by atoms with Gasteiger partial charge in [-0.1, -0.05) is 23.5 Å². The second-order valence-electron chi connectivity index (χ2n) is 7.06. The van der Waals surface area contributed by atoms with E-state index in [-0.39, 0.29) is 12.7 Å². The van der Waals surface area contributed by atoms with Gasteiger partial charge in [0.1, 0.15) is 0 Å². The first kappa shape index (κ1) is 19.3. The third kappa shape index (κ3) is 3.73. The van der Waals surface area contributed by atoms with Crippen molar-refractivity contribution in [3.05, 3.63) is 48.0 Å². The Labute approximate surface area is 183 Å². The minimum Gasteiger partial charge on any atom is -0.454 e. The van der Waals surface area contributed by atoms with E-state index >= 15 is 0 Å². The number of hydrogen-bond donors (Lipinski definition) is 0. The van der Waals surface area contributed by atoms with Gasteiger partial charge in [0.05, 0.1) is 10.2 Å². The Balaban J connectivity index is 1.22. The Morgan fingerprint density at radius 2 is 1.97 bits per heavy atom. The summed E-state index contributed by atoms with van der Waals surface area (Å²) in [5.74, 6) is 1.49. The number of piperazine rings is 1. The Morgan fingerprint density at radius 1 is 1.13 bits per heavy atom. The molecular formula is C22H21N3O3S2. The van der Waals surface area contributed by atoms with Crippen molar-refractivity contribution < 1.29 is 14.3 Å². The number of thiazole rings is 1. The fourth-order valence-electron chi connectivity index (χ4n) is 3.62. The minimum atomic E-state index is 0.0290. The number of aromatic nitrogens is 1. The molecule has 3 heterocycles. The number of amides is 1. The molecule has 0 unspecified atom stereocenters. The SMILES string of the molecule is CSc1cccc2sc(N3CCN(C(=O)/C=C/c4ccc5c(c4)OCO5)CC3)nc12. The van der Waals surface area contributed by atoms with E-state index in [4.69, 9.17) is 14.5 Å². The standard InChI is InChI=1S/C22H21N3O3S2/c1-29-18-3-2-4-19-21(18)23-22(30-19)25-11-9-24(10-12-25)20(26)8-6-15-5-7-16-17(13-15)28-14-27-16/h2-8,13H,9-12,14H2,1H3/b8-6+. The molecule has 1 amide bonds. The molecule has 1 aromatic heterocycles. The molecule has 0 saturated carbocycles. The number of hydrogen-bond acceptors (Lipinski definition) is 7. The highest BCUT2D eigenvalue weighted by atomic mass is 32.2. The zero-order chi connectivity index (χ0) is 20.5. The van der Waals surface area contributed by atoms with Crippen LogP contribution in [0.2, 0.25) is 0 Å². The van der Waals surface area contributed by atoms with E-state index in [1.807, 2.05) is 29.2 Å². The highest BCUT2D eigenvalue weighted by molar-refractivity contribution is 7.98. The number of benzene rings is 2. The van der Waals surface area contributed by atoms with Crippen LogP contribution in [0.4, 0.5) is 5.13 Å². The maximum atomic E-state index is 12.6. The Bertz CT molecular complexity index is 1120. The molecule has 0 spiro atoms. The third-order valence-corrected chi connectivity index (χ3v) is 7.12. The first-order chi connectivity index (χ1) is 14.7. The van der Waals surface area contributed by atoms with E-state index in [9.17, 15) is 4.79 Å². The van der Waals surface area contributed by atoms with Crippen LogP contribution in [0, 0.1) is 0 Å². The first-order valence-corrected chi connectivity index (χ1v) is 11.8. The molecule has 0 N–H and O–H groups in total. The summed E-state index contributed by atoms with van der Waals surface area (Å²) in [6, 6.07) is 12.0. The summed E-state index contributed by atoms with van der Waals surface area (Å²) in [5, 5.41) is 1.04. The number of carbonyl (C=O) groups excluding carboxylic acids is 1. The average Bonchev–Trinajstić information content (AvgIpc) is 3.43. The second kappa shape index (κ2) is 8.20. The summed E-state index contributed by atoms with van der Waals surface area (Å²) in [6.45, 7) is 3.21. The normalized spacial score (nSPS) is 16.0. The summed E-state index contributed by atoms with van der Waals surface area (Å²) in [4.78, 5) is 22.9. The lowest BCUT2D eigenvalue weighted by Gasteiger charge is -2.34. The maximum absolute atomic E-state index is 12.6. The van der Waals surface area contributed by atoms with E-state index in [0.29, 0.717) is 13.1 Å². The van der Waals surface area contributed by atoms with Crippen LogP contribution in [0.1, 0.15) is 5.56 Å². The molecular weight excluding hydrogens is 418 g/mol. The van der Waals surface area contributed by atoms with E-state index in [2.05, 4.69) is 29.4 Å². The van der Waals surface area contributed by atoms with Crippen molar-refractivity contribution in [1.82, 2.24) is 9.88 Å². The molecule has 0 atom stereocenters. The van der Waals surface area contributed by atoms with Crippen molar-refractivity contribution in [3.8, 4) is 11.5 Å². The monoisotopic (exact) mass is 439 g/mol. The molecule has 2 aliphatic rings. The van der Waals surface area contributed by atoms with E-state index in [1.54, 1.807) is 29.2 Å². The van der Waals surface area contributed by atoms with Crippen LogP contribution >= 0.6 is 23.1 Å². The minimum absolute atomic E-state index is 0.0290. The molecule has 1 saturated heterocycles. The van der Waals surface area contributed by atoms with Gasteiger partial charge in [-0.15, -0.1) is 11.8 Å². The molecule has 0 bridgehead atoms. The zero-order valence-electron chi connectivity index (χ0n) is 16.5. The summed E-state index contributed by atoms with van der Waals surface area (Å²) in [6.07, 6.45) is 5.54. The van der Waals surface area contributed by atoms with Gasteiger partial charge >= 0.3 is 0 Å². The lowest BCUT2D eigenvalue weighted by molar-refractivity contribution is -0.126. The molecule has 5 rings (SSSR count). The Morgan fingerprint density at radius 3 is 2.80 bits per heavy atom. The van der Waals surface area contributed by atoms with E-state index < -0.39 is 0 Å². The van der Waals surface area contributed by atoms with Crippen LogP contribution in [0.25, 0.3) is 16.3 Å². The Kier molecular flexibility index (Phi) is 5.26. The molecule has 8 heteroatoms. The Hall–Kier alpha value is -2.71. The number of carbonyl (C=O) groups is 1. The molecule has 6 nitrogen and oxygen atoms in total. The molecule has 2 aromatic carbocycles. The number of para-hydroxylation sites is 1. The van der Waals surface area contributed by atoms with Crippen molar-refractivity contribution in [2.24, 2.45) is 0 Å². The highest BCUT2D eigenvalue weighted by Gasteiger charge is 2.22. The molecule has 3 aromatic rings. The van der Waals surface area contributed by atoms with Crippen molar-refractivity contribution in [2.75, 3.05) is 44.1 Å². The van der Waals surface area contributed by atoms with Gasteiger partial charge in [0.25, 0.3) is 0 Å². The van der Waals surface area contributed by atoms with Crippen LogP contribution in [0.3, 0.4) is 0 Å². The number of rotatable bonds is 4. The predicted molar refractivity (Wildman–Crippen MR) is 122 cm³/mol. The van der Waals surface area contributed by atoms with Gasteiger partial charge in [0, 0.05) is 37.2 Å². The fourth-order valence-corrected chi connectivity index (χ4v) is 5.29. The van der Waals surface area contributed by atoms with Gasteiger partial charge in [-0.25, -0.2) is 4.98 Å². The van der Waals surface area contributed by atoms with Crippen molar-refractivity contribution >= 4 is 50.4 Å². The average molecular weight is 440 g/mol. The van der Waals surface area contributed by atoms with Gasteiger partial charge in [-0.3, -0.25) is 4.79 Å². The van der Waals surface area contributed by atoms with E-state index in [1.165, 1.54) is 9.60 Å². The van der Waals surface area contributed by atoms with Crippen LogP contribution < -0.4 is 14.4 Å². The van der Waals surface area contributed by atoms with E-state index in [0.717, 1.165) is 40.8 Å². The van der Waals surface area contributed by atoms with Gasteiger partial charge in [-0.2, -0.15) is 0 Å². The lowest BCUT2D eigenvalue weighted by atomic mass is 10.2. The summed E-state index contributed by atoms with van der Waals surface area (Å²) < 4.78 is 11.9. The smallest absolute Gasteiger partial charge is 0.246 e. The van der Waals surface area contributed by atoms with Gasteiger partial charge < -0.3 is 19.3 Å². The van der Waals surface area contributed by atoms with Gasteiger partial charge in [0.2, 0.25) is 12.7 Å². The van der Waals surface area contributed by atoms with Crippen LogP contribution in [-0.2, 0) is 4.79 Å². The van der Waals surface area contributed by atoms with Crippen molar-refractivity contribution in [1.29, 1.82) is 0 Å². The van der Waals surface area contributed by atoms with Gasteiger partial charge in [0.15, 0.2) is 16.6 Å². The molecule has 0 aliphatic carbocycles. The molecule has 30 heavy (non-hydrogen) atoms. The number of thioether (sulfide) groups is 1. The lowest BCUT2D eigenvalue weighted by Crippen LogP contribution is -2.48. The molecule has 0 radical (unpaired) electrons. The second-order valence-corrected chi connectivity index (χ2v) is 8.92. The van der Waals surface area contributed by atoms with Gasteiger partial charge in [-0.05, 0) is 42.2 Å². The van der Waals surface area contributed by atoms with Crippen LogP contribution in [0.15, 0.2) is 47.4 Å².